The van der Waals surface area contributed by atoms with Gasteiger partial charge in [-0.1, -0.05) is 24.3 Å². The molecule has 1 heterocycles. The van der Waals surface area contributed by atoms with Crippen molar-refractivity contribution in [1.82, 2.24) is 5.43 Å². The van der Waals surface area contributed by atoms with Gasteiger partial charge in [0.05, 0.1) is 17.6 Å². The summed E-state index contributed by atoms with van der Waals surface area (Å²) in [6.07, 6.45) is 1.51. The summed E-state index contributed by atoms with van der Waals surface area (Å²) in [5.41, 5.74) is 5.18. The van der Waals surface area contributed by atoms with Gasteiger partial charge in [-0.3, -0.25) is 10.2 Å². The molecule has 0 aliphatic carbocycles. The van der Waals surface area contributed by atoms with E-state index in [1.54, 1.807) is 17.8 Å². The Morgan fingerprint density at radius 3 is 2.84 bits per heavy atom. The van der Waals surface area contributed by atoms with Crippen LogP contribution in [0.4, 0.5) is 0 Å². The van der Waals surface area contributed by atoms with Gasteiger partial charge in [0, 0.05) is 5.75 Å². The number of hydrazine groups is 1. The molecule has 100 valence electrons. The standard InChI is InChI=1S/C14H16N2O2S/c1-10-4-2-3-5-11(10)8-19-9-13-12(6-7-18-13)14(17)16-15/h2-7H,8-9,15H2,1H3,(H,16,17). The normalized spacial score (nSPS) is 10.4. The van der Waals surface area contributed by atoms with Crippen molar-refractivity contribution in [3.05, 3.63) is 59.0 Å². The third-order valence-electron chi connectivity index (χ3n) is 2.87. The van der Waals surface area contributed by atoms with Gasteiger partial charge in [0.15, 0.2) is 0 Å². The monoisotopic (exact) mass is 276 g/mol. The van der Waals surface area contributed by atoms with Crippen molar-refractivity contribution < 1.29 is 9.21 Å². The zero-order chi connectivity index (χ0) is 13.7. The van der Waals surface area contributed by atoms with Crippen LogP contribution < -0.4 is 11.3 Å². The number of hydrogen-bond acceptors (Lipinski definition) is 4. The minimum atomic E-state index is -0.319. The Hall–Kier alpha value is -1.72. The van der Waals surface area contributed by atoms with Crippen molar-refractivity contribution in [3.8, 4) is 0 Å². The highest BCUT2D eigenvalue weighted by Gasteiger charge is 2.13. The molecular weight excluding hydrogens is 260 g/mol. The summed E-state index contributed by atoms with van der Waals surface area (Å²) in [7, 11) is 0. The smallest absolute Gasteiger partial charge is 0.268 e. The van der Waals surface area contributed by atoms with Crippen molar-refractivity contribution >= 4 is 17.7 Å². The summed E-state index contributed by atoms with van der Waals surface area (Å²) in [6, 6.07) is 9.89. The summed E-state index contributed by atoms with van der Waals surface area (Å²) < 4.78 is 5.32. The van der Waals surface area contributed by atoms with Crippen molar-refractivity contribution in [2.45, 2.75) is 18.4 Å². The number of rotatable bonds is 5. The number of carbonyl (C=O) groups is 1. The van der Waals surface area contributed by atoms with Crippen LogP contribution >= 0.6 is 11.8 Å². The third-order valence-corrected chi connectivity index (χ3v) is 3.85. The molecule has 5 heteroatoms. The summed E-state index contributed by atoms with van der Waals surface area (Å²) in [4.78, 5) is 11.5. The lowest BCUT2D eigenvalue weighted by Gasteiger charge is -2.05. The first-order valence-electron chi connectivity index (χ1n) is 5.92. The molecule has 0 atom stereocenters. The van der Waals surface area contributed by atoms with Gasteiger partial charge in [0.1, 0.15) is 5.76 Å². The molecule has 1 aromatic heterocycles. The molecule has 3 N–H and O–H groups in total. The molecule has 0 saturated carbocycles. The van der Waals surface area contributed by atoms with Gasteiger partial charge in [-0.15, -0.1) is 11.8 Å². The number of furan rings is 1. The number of nitrogens with two attached hydrogens (primary N) is 1. The zero-order valence-electron chi connectivity index (χ0n) is 10.7. The summed E-state index contributed by atoms with van der Waals surface area (Å²) in [5, 5.41) is 0. The fourth-order valence-corrected chi connectivity index (χ4v) is 2.81. The van der Waals surface area contributed by atoms with E-state index in [1.165, 1.54) is 17.4 Å². The van der Waals surface area contributed by atoms with Gasteiger partial charge >= 0.3 is 0 Å². The van der Waals surface area contributed by atoms with Crippen molar-refractivity contribution in [2.24, 2.45) is 5.84 Å². The lowest BCUT2D eigenvalue weighted by atomic mass is 10.1. The molecule has 0 aliphatic heterocycles. The maximum atomic E-state index is 11.5. The fraction of sp³-hybridized carbons (Fsp3) is 0.214. The number of thioether (sulfide) groups is 1. The summed E-state index contributed by atoms with van der Waals surface area (Å²) >= 11 is 1.71. The number of benzene rings is 1. The molecule has 0 radical (unpaired) electrons. The van der Waals surface area contributed by atoms with Gasteiger partial charge in [-0.2, -0.15) is 0 Å². The number of hydrogen-bond donors (Lipinski definition) is 2. The minimum absolute atomic E-state index is 0.319. The molecule has 0 aliphatic rings. The maximum Gasteiger partial charge on any atom is 0.268 e. The zero-order valence-corrected chi connectivity index (χ0v) is 11.5. The van der Waals surface area contributed by atoms with Crippen molar-refractivity contribution in [1.29, 1.82) is 0 Å². The highest BCUT2D eigenvalue weighted by Crippen LogP contribution is 2.22. The van der Waals surface area contributed by atoms with E-state index in [0.717, 1.165) is 5.75 Å². The first-order valence-corrected chi connectivity index (χ1v) is 7.07. The Kier molecular flexibility index (Phi) is 4.65. The van der Waals surface area contributed by atoms with E-state index < -0.39 is 0 Å². The first-order chi connectivity index (χ1) is 9.22. The number of aryl methyl sites for hydroxylation is 1. The van der Waals surface area contributed by atoms with Crippen LogP contribution in [0.5, 0.6) is 0 Å². The van der Waals surface area contributed by atoms with Gasteiger partial charge in [-0.25, -0.2) is 5.84 Å². The molecular formula is C14H16N2O2S. The van der Waals surface area contributed by atoms with Crippen LogP contribution in [-0.2, 0) is 11.5 Å². The molecule has 1 amide bonds. The largest absolute Gasteiger partial charge is 0.468 e. The van der Waals surface area contributed by atoms with Crippen LogP contribution in [0.15, 0.2) is 41.0 Å². The summed E-state index contributed by atoms with van der Waals surface area (Å²) in [5.74, 6) is 6.99. The van der Waals surface area contributed by atoms with Gasteiger partial charge < -0.3 is 4.42 Å². The van der Waals surface area contributed by atoms with E-state index in [-0.39, 0.29) is 5.91 Å². The van der Waals surface area contributed by atoms with Crippen LogP contribution in [0.1, 0.15) is 27.2 Å². The molecule has 2 aromatic rings. The van der Waals surface area contributed by atoms with E-state index in [9.17, 15) is 4.79 Å². The van der Waals surface area contributed by atoms with Crippen LogP contribution in [0.3, 0.4) is 0 Å². The molecule has 1 aromatic carbocycles. The van der Waals surface area contributed by atoms with E-state index >= 15 is 0 Å². The topological polar surface area (TPSA) is 68.3 Å². The highest BCUT2D eigenvalue weighted by molar-refractivity contribution is 7.97. The second-order valence-corrected chi connectivity index (χ2v) is 5.14. The highest BCUT2D eigenvalue weighted by atomic mass is 32.2. The average molecular weight is 276 g/mol. The molecule has 2 rings (SSSR count). The number of nitrogen functional groups attached to an aromatic ring is 1. The van der Waals surface area contributed by atoms with E-state index in [0.29, 0.717) is 17.1 Å². The molecule has 0 unspecified atom stereocenters. The Labute approximate surface area is 116 Å². The molecule has 0 bridgehead atoms. The minimum Gasteiger partial charge on any atom is -0.468 e. The van der Waals surface area contributed by atoms with Crippen molar-refractivity contribution in [2.75, 3.05) is 0 Å². The second kappa shape index (κ2) is 6.45. The van der Waals surface area contributed by atoms with Crippen LogP contribution in [0.2, 0.25) is 0 Å². The Morgan fingerprint density at radius 2 is 2.11 bits per heavy atom. The fourth-order valence-electron chi connectivity index (χ4n) is 1.76. The number of nitrogens with one attached hydrogen (secondary N) is 1. The predicted octanol–water partition coefficient (Wildman–Crippen LogP) is 2.62. The molecule has 0 saturated heterocycles. The summed E-state index contributed by atoms with van der Waals surface area (Å²) in [6.45, 7) is 2.09. The number of carbonyl (C=O) groups excluding carboxylic acids is 1. The second-order valence-electron chi connectivity index (χ2n) is 4.15. The van der Waals surface area contributed by atoms with E-state index in [1.807, 2.05) is 12.1 Å². The molecule has 4 nitrogen and oxygen atoms in total. The van der Waals surface area contributed by atoms with Gasteiger partial charge in [0.2, 0.25) is 0 Å². The lowest BCUT2D eigenvalue weighted by Crippen LogP contribution is -2.30. The molecule has 0 spiro atoms. The van der Waals surface area contributed by atoms with Crippen LogP contribution in [0, 0.1) is 6.92 Å². The Bertz CT molecular complexity index is 566. The Balaban J connectivity index is 1.95. The van der Waals surface area contributed by atoms with E-state index in [2.05, 4.69) is 24.5 Å². The lowest BCUT2D eigenvalue weighted by molar-refractivity contribution is 0.0952. The van der Waals surface area contributed by atoms with Crippen molar-refractivity contribution in [3.63, 3.8) is 0 Å². The SMILES string of the molecule is Cc1ccccc1CSCc1occc1C(=O)NN. The molecule has 0 fully saturated rings. The Morgan fingerprint density at radius 1 is 1.32 bits per heavy atom. The third kappa shape index (κ3) is 3.39. The van der Waals surface area contributed by atoms with Crippen LogP contribution in [-0.4, -0.2) is 5.91 Å². The van der Waals surface area contributed by atoms with Gasteiger partial charge in [0.25, 0.3) is 5.91 Å². The van der Waals surface area contributed by atoms with Gasteiger partial charge in [-0.05, 0) is 24.1 Å². The predicted molar refractivity (Wildman–Crippen MR) is 76.5 cm³/mol. The molecule has 19 heavy (non-hydrogen) atoms. The van der Waals surface area contributed by atoms with E-state index in [4.69, 9.17) is 10.3 Å². The first kappa shape index (κ1) is 13.7. The maximum absolute atomic E-state index is 11.5. The number of amides is 1. The average Bonchev–Trinajstić information content (AvgIpc) is 2.88. The van der Waals surface area contributed by atoms with Crippen LogP contribution in [0.25, 0.3) is 0 Å². The quantitative estimate of drug-likeness (QED) is 0.500.